The normalized spacial score (nSPS) is 14.0. The summed E-state index contributed by atoms with van der Waals surface area (Å²) in [5.74, 6) is -0.0656. The average Bonchev–Trinajstić information content (AvgIpc) is 3.26. The molecule has 166 valence electrons. The number of nitrogens with zero attached hydrogens (tertiary/aromatic N) is 1. The topological polar surface area (TPSA) is 74.4 Å². The highest BCUT2D eigenvalue weighted by molar-refractivity contribution is 6.31. The van der Waals surface area contributed by atoms with Crippen molar-refractivity contribution >= 4 is 40.0 Å². The Kier molecular flexibility index (Phi) is 5.75. The number of anilines is 1. The summed E-state index contributed by atoms with van der Waals surface area (Å²) in [6.45, 7) is 0.175. The first kappa shape index (κ1) is 21.1. The predicted octanol–water partition coefficient (Wildman–Crippen LogP) is 4.50. The summed E-state index contributed by atoms with van der Waals surface area (Å²) in [5, 5.41) is 4.73. The number of fused-ring (bicyclic) bond motifs is 2. The van der Waals surface area contributed by atoms with Gasteiger partial charge in [-0.1, -0.05) is 60.1 Å². The first-order valence-electron chi connectivity index (χ1n) is 10.7. The van der Waals surface area contributed by atoms with Crippen LogP contribution >= 0.6 is 11.6 Å². The van der Waals surface area contributed by atoms with Crippen molar-refractivity contribution in [2.45, 2.75) is 5.92 Å². The maximum Gasteiger partial charge on any atom is 0.265 e. The van der Waals surface area contributed by atoms with Crippen LogP contribution in [0, 0.1) is 0 Å². The van der Waals surface area contributed by atoms with Crippen LogP contribution < -0.4 is 15.0 Å². The number of halogens is 1. The van der Waals surface area contributed by atoms with E-state index in [9.17, 15) is 9.59 Å². The van der Waals surface area contributed by atoms with Crippen LogP contribution in [0.2, 0.25) is 5.02 Å². The molecule has 0 aliphatic carbocycles. The van der Waals surface area contributed by atoms with E-state index in [1.807, 2.05) is 60.8 Å². The van der Waals surface area contributed by atoms with E-state index in [1.54, 1.807) is 12.1 Å². The van der Waals surface area contributed by atoms with Crippen LogP contribution in [0.25, 0.3) is 10.9 Å². The van der Waals surface area contributed by atoms with Gasteiger partial charge in [0, 0.05) is 34.6 Å². The smallest absolute Gasteiger partial charge is 0.265 e. The Balaban J connectivity index is 1.39. The van der Waals surface area contributed by atoms with Gasteiger partial charge in [-0.05, 0) is 35.4 Å². The minimum absolute atomic E-state index is 0.0810. The van der Waals surface area contributed by atoms with E-state index in [-0.39, 0.29) is 30.9 Å². The summed E-state index contributed by atoms with van der Waals surface area (Å²) in [7, 11) is 0. The number of ether oxygens (including phenoxy) is 1. The molecule has 1 aromatic heterocycles. The maximum atomic E-state index is 12.9. The highest BCUT2D eigenvalue weighted by Crippen LogP contribution is 2.34. The minimum Gasteiger partial charge on any atom is -0.482 e. The molecule has 6 nitrogen and oxygen atoms in total. The molecule has 0 radical (unpaired) electrons. The number of aromatic amines is 1. The van der Waals surface area contributed by atoms with Crippen molar-refractivity contribution in [3.63, 3.8) is 0 Å². The molecule has 2 amide bonds. The maximum absolute atomic E-state index is 12.9. The first-order chi connectivity index (χ1) is 16.1. The first-order valence-corrected chi connectivity index (χ1v) is 11.1. The molecule has 1 aliphatic heterocycles. The molecule has 0 saturated heterocycles. The molecule has 0 saturated carbocycles. The molecule has 1 aliphatic rings. The van der Waals surface area contributed by atoms with E-state index in [2.05, 4.69) is 16.4 Å². The Hall–Kier alpha value is -3.77. The van der Waals surface area contributed by atoms with Gasteiger partial charge in [0.25, 0.3) is 5.91 Å². The molecule has 4 aromatic rings. The predicted molar refractivity (Wildman–Crippen MR) is 129 cm³/mol. The molecule has 0 bridgehead atoms. The van der Waals surface area contributed by atoms with Gasteiger partial charge in [-0.2, -0.15) is 0 Å². The summed E-state index contributed by atoms with van der Waals surface area (Å²) in [6, 6.07) is 22.9. The van der Waals surface area contributed by atoms with Crippen LogP contribution in [0.15, 0.2) is 79.0 Å². The third-order valence-electron chi connectivity index (χ3n) is 5.89. The van der Waals surface area contributed by atoms with Crippen molar-refractivity contribution in [3.8, 4) is 5.75 Å². The number of hydrogen-bond acceptors (Lipinski definition) is 3. The van der Waals surface area contributed by atoms with Gasteiger partial charge in [0.2, 0.25) is 5.91 Å². The fourth-order valence-corrected chi connectivity index (χ4v) is 4.54. The second kappa shape index (κ2) is 9.00. The molecule has 3 aromatic carbocycles. The number of H-pyrrole nitrogens is 1. The largest absolute Gasteiger partial charge is 0.482 e. The van der Waals surface area contributed by atoms with E-state index >= 15 is 0 Å². The monoisotopic (exact) mass is 459 g/mol. The van der Waals surface area contributed by atoms with Crippen molar-refractivity contribution in [2.75, 3.05) is 24.6 Å². The van der Waals surface area contributed by atoms with Crippen LogP contribution in [-0.2, 0) is 9.59 Å². The van der Waals surface area contributed by atoms with Crippen LogP contribution in [0.3, 0.4) is 0 Å². The quantitative estimate of drug-likeness (QED) is 0.446. The van der Waals surface area contributed by atoms with E-state index in [4.69, 9.17) is 16.3 Å². The number of carbonyl (C=O) groups is 2. The fourth-order valence-electron chi connectivity index (χ4n) is 4.27. The van der Waals surface area contributed by atoms with Gasteiger partial charge >= 0.3 is 0 Å². The Morgan fingerprint density at radius 1 is 1.03 bits per heavy atom. The van der Waals surface area contributed by atoms with Gasteiger partial charge in [-0.15, -0.1) is 0 Å². The third-order valence-corrected chi connectivity index (χ3v) is 6.23. The zero-order valence-electron chi connectivity index (χ0n) is 17.8. The molecule has 0 fully saturated rings. The Morgan fingerprint density at radius 3 is 2.67 bits per heavy atom. The molecular formula is C26H22ClN3O3. The van der Waals surface area contributed by atoms with E-state index in [1.165, 1.54) is 4.90 Å². The Bertz CT molecular complexity index is 1330. The van der Waals surface area contributed by atoms with Crippen molar-refractivity contribution in [3.05, 3.63) is 95.1 Å². The summed E-state index contributed by atoms with van der Waals surface area (Å²) in [6.07, 6.45) is 1.96. The number of hydrogen-bond donors (Lipinski definition) is 2. The number of benzene rings is 3. The lowest BCUT2D eigenvalue weighted by molar-refractivity contribution is -0.125. The fraction of sp³-hybridized carbons (Fsp3) is 0.154. The summed E-state index contributed by atoms with van der Waals surface area (Å²) < 4.78 is 5.47. The van der Waals surface area contributed by atoms with Crippen LogP contribution in [0.1, 0.15) is 17.0 Å². The van der Waals surface area contributed by atoms with E-state index < -0.39 is 0 Å². The number of amides is 2. The zero-order valence-corrected chi connectivity index (χ0v) is 18.5. The van der Waals surface area contributed by atoms with Gasteiger partial charge in [0.1, 0.15) is 12.3 Å². The van der Waals surface area contributed by atoms with E-state index in [0.29, 0.717) is 23.0 Å². The highest BCUT2D eigenvalue weighted by atomic mass is 35.5. The minimum atomic E-state index is -0.253. The molecule has 2 heterocycles. The second-order valence-electron chi connectivity index (χ2n) is 7.90. The number of para-hydroxylation sites is 3. The number of rotatable bonds is 6. The third kappa shape index (κ3) is 4.17. The second-order valence-corrected chi connectivity index (χ2v) is 8.31. The molecule has 33 heavy (non-hydrogen) atoms. The standard InChI is InChI=1S/C26H22ClN3O3/c27-21-9-3-1-7-17(21)19(20-13-28-22-10-4-2-8-18(20)22)14-29-25(31)15-30-23-11-5-6-12-24(23)33-16-26(30)32/h1-13,19,28H,14-16H2,(H,29,31). The molecule has 5 rings (SSSR count). The van der Waals surface area contributed by atoms with Crippen molar-refractivity contribution < 1.29 is 14.3 Å². The van der Waals surface area contributed by atoms with Crippen LogP contribution in [0.4, 0.5) is 5.69 Å². The van der Waals surface area contributed by atoms with Crippen LogP contribution in [0.5, 0.6) is 5.75 Å². The van der Waals surface area contributed by atoms with Gasteiger partial charge < -0.3 is 15.0 Å². The lowest BCUT2D eigenvalue weighted by Crippen LogP contribution is -2.45. The van der Waals surface area contributed by atoms with E-state index in [0.717, 1.165) is 22.0 Å². The van der Waals surface area contributed by atoms with Crippen molar-refractivity contribution in [1.82, 2.24) is 10.3 Å². The number of carbonyl (C=O) groups excluding carboxylic acids is 2. The van der Waals surface area contributed by atoms with Gasteiger partial charge in [0.05, 0.1) is 5.69 Å². The summed E-state index contributed by atoms with van der Waals surface area (Å²) in [5.41, 5.74) is 3.60. The van der Waals surface area contributed by atoms with Gasteiger partial charge in [-0.3, -0.25) is 14.5 Å². The van der Waals surface area contributed by atoms with Crippen molar-refractivity contribution in [1.29, 1.82) is 0 Å². The summed E-state index contributed by atoms with van der Waals surface area (Å²) >= 11 is 6.54. The molecule has 1 atom stereocenters. The van der Waals surface area contributed by atoms with Crippen LogP contribution in [-0.4, -0.2) is 36.5 Å². The van der Waals surface area contributed by atoms with Gasteiger partial charge in [-0.25, -0.2) is 0 Å². The lowest BCUT2D eigenvalue weighted by Gasteiger charge is -2.29. The molecule has 0 spiro atoms. The molecular weight excluding hydrogens is 438 g/mol. The Morgan fingerprint density at radius 2 is 1.79 bits per heavy atom. The average molecular weight is 460 g/mol. The Labute approximate surface area is 196 Å². The number of nitrogens with one attached hydrogen (secondary N) is 2. The summed E-state index contributed by atoms with van der Waals surface area (Å²) in [4.78, 5) is 30.1. The lowest BCUT2D eigenvalue weighted by atomic mass is 9.90. The number of aromatic nitrogens is 1. The SMILES string of the molecule is O=C(CN1C(=O)COc2ccccc21)NCC(c1ccccc1Cl)c1c[nH]c2ccccc12. The van der Waals surface area contributed by atoms with Crippen molar-refractivity contribution in [2.24, 2.45) is 0 Å². The molecule has 1 unspecified atom stereocenters. The molecule has 2 N–H and O–H groups in total. The highest BCUT2D eigenvalue weighted by Gasteiger charge is 2.28. The van der Waals surface area contributed by atoms with Gasteiger partial charge in [0.15, 0.2) is 6.61 Å². The molecule has 7 heteroatoms. The zero-order chi connectivity index (χ0) is 22.8.